The first-order valence-corrected chi connectivity index (χ1v) is 8.95. The van der Waals surface area contributed by atoms with E-state index in [-0.39, 0.29) is 20.5 Å². The Balaban J connectivity index is 2.38. The molecule has 0 aromatic carbocycles. The molecule has 0 radical (unpaired) electrons. The molecule has 1 aliphatic rings. The first-order chi connectivity index (χ1) is 8.85. The van der Waals surface area contributed by atoms with E-state index in [0.29, 0.717) is 10.9 Å². The highest BCUT2D eigenvalue weighted by molar-refractivity contribution is 8.16. The maximum Gasteiger partial charge on any atom is 0.294 e. The smallest absolute Gasteiger partial charge is 0.290 e. The van der Waals surface area contributed by atoms with Crippen molar-refractivity contribution in [3.8, 4) is 0 Å². The maximum absolute atomic E-state index is 12.1. The van der Waals surface area contributed by atoms with E-state index >= 15 is 0 Å². The van der Waals surface area contributed by atoms with E-state index in [9.17, 15) is 13.2 Å². The lowest BCUT2D eigenvalue weighted by molar-refractivity contribution is -0.125. The molecule has 1 fully saturated rings. The Hall–Kier alpha value is -0.570. The highest BCUT2D eigenvalue weighted by Crippen LogP contribution is 2.31. The molecular formula is C10H11ClN2O3S3. The Morgan fingerprint density at radius 3 is 2.68 bits per heavy atom. The number of hydrogen-bond donors (Lipinski definition) is 0. The second-order valence-electron chi connectivity index (χ2n) is 3.75. The molecule has 1 amide bonds. The van der Waals surface area contributed by atoms with Crippen LogP contribution >= 0.6 is 34.7 Å². The molecule has 19 heavy (non-hydrogen) atoms. The summed E-state index contributed by atoms with van der Waals surface area (Å²) in [6.45, 7) is 3.91. The molecular weight excluding hydrogens is 328 g/mol. The van der Waals surface area contributed by atoms with Gasteiger partial charge in [-0.2, -0.15) is 8.42 Å². The van der Waals surface area contributed by atoms with Gasteiger partial charge in [-0.15, -0.1) is 15.7 Å². The third-order valence-corrected chi connectivity index (χ3v) is 6.60. The van der Waals surface area contributed by atoms with Crippen LogP contribution in [0.3, 0.4) is 0 Å². The van der Waals surface area contributed by atoms with Crippen molar-refractivity contribution in [2.75, 3.05) is 6.54 Å². The molecule has 0 aliphatic carbocycles. The van der Waals surface area contributed by atoms with Crippen molar-refractivity contribution in [3.63, 3.8) is 0 Å². The van der Waals surface area contributed by atoms with Gasteiger partial charge in [0.15, 0.2) is 5.17 Å². The predicted molar refractivity (Wildman–Crippen MR) is 78.4 cm³/mol. The zero-order valence-electron chi connectivity index (χ0n) is 10.2. The monoisotopic (exact) mass is 338 g/mol. The molecule has 0 spiro atoms. The van der Waals surface area contributed by atoms with Crippen molar-refractivity contribution in [3.05, 3.63) is 16.5 Å². The summed E-state index contributed by atoms with van der Waals surface area (Å²) in [5.74, 6) is -0.120. The number of sulfonamides is 1. The standard InChI is InChI=1S/C10H11ClN2O3S3/c1-3-13-9(14)6(2)17-10(13)12-19(15,16)8-5-4-7(11)18-8/h4-6H,3H2,1-2H3/t6-/m1/s1. The molecule has 9 heteroatoms. The quantitative estimate of drug-likeness (QED) is 0.849. The Kier molecular flexibility index (Phi) is 4.24. The lowest BCUT2D eigenvalue weighted by Crippen LogP contribution is -2.31. The summed E-state index contributed by atoms with van der Waals surface area (Å²) in [5.41, 5.74) is 0. The number of thiophene rings is 1. The molecule has 104 valence electrons. The van der Waals surface area contributed by atoms with Crippen LogP contribution in [0.25, 0.3) is 0 Å². The molecule has 5 nitrogen and oxygen atoms in total. The Bertz CT molecular complexity index is 638. The fraction of sp³-hybridized carbons (Fsp3) is 0.400. The molecule has 1 aliphatic heterocycles. The van der Waals surface area contributed by atoms with Crippen molar-refractivity contribution in [1.82, 2.24) is 4.90 Å². The van der Waals surface area contributed by atoms with E-state index in [4.69, 9.17) is 11.6 Å². The van der Waals surface area contributed by atoms with Crippen LogP contribution in [0.15, 0.2) is 20.7 Å². The van der Waals surface area contributed by atoms with Crippen molar-refractivity contribution < 1.29 is 13.2 Å². The van der Waals surface area contributed by atoms with E-state index in [0.717, 1.165) is 23.1 Å². The summed E-state index contributed by atoms with van der Waals surface area (Å²) < 4.78 is 28.4. The Labute approximate surface area is 124 Å². The topological polar surface area (TPSA) is 66.8 Å². The summed E-state index contributed by atoms with van der Waals surface area (Å²) in [6.07, 6.45) is 0. The van der Waals surface area contributed by atoms with Gasteiger partial charge in [-0.05, 0) is 26.0 Å². The number of amides is 1. The van der Waals surface area contributed by atoms with Crippen molar-refractivity contribution >= 4 is 55.8 Å². The molecule has 0 bridgehead atoms. The third-order valence-electron chi connectivity index (χ3n) is 2.44. The molecule has 0 saturated carbocycles. The van der Waals surface area contributed by atoms with Gasteiger partial charge in [-0.1, -0.05) is 23.4 Å². The number of carbonyl (C=O) groups is 1. The van der Waals surface area contributed by atoms with Crippen LogP contribution in [-0.4, -0.2) is 36.2 Å². The van der Waals surface area contributed by atoms with Gasteiger partial charge in [0.25, 0.3) is 10.0 Å². The van der Waals surface area contributed by atoms with Gasteiger partial charge < -0.3 is 0 Å². The van der Waals surface area contributed by atoms with Crippen LogP contribution in [-0.2, 0) is 14.8 Å². The highest BCUT2D eigenvalue weighted by atomic mass is 35.5. The largest absolute Gasteiger partial charge is 0.294 e. The first-order valence-electron chi connectivity index (χ1n) is 5.43. The number of rotatable bonds is 3. The third kappa shape index (κ3) is 2.96. The van der Waals surface area contributed by atoms with Crippen molar-refractivity contribution in [2.24, 2.45) is 4.40 Å². The van der Waals surface area contributed by atoms with Crippen LogP contribution in [0.4, 0.5) is 0 Å². The van der Waals surface area contributed by atoms with E-state index in [2.05, 4.69) is 4.40 Å². The minimum Gasteiger partial charge on any atom is -0.290 e. The molecule has 1 aromatic rings. The minimum atomic E-state index is -3.81. The van der Waals surface area contributed by atoms with Crippen molar-refractivity contribution in [1.29, 1.82) is 0 Å². The summed E-state index contributed by atoms with van der Waals surface area (Å²) in [6, 6.07) is 2.92. The van der Waals surface area contributed by atoms with Gasteiger partial charge in [-0.25, -0.2) is 0 Å². The average Bonchev–Trinajstić information content (AvgIpc) is 2.85. The van der Waals surface area contributed by atoms with Crippen LogP contribution in [0.5, 0.6) is 0 Å². The van der Waals surface area contributed by atoms with Crippen molar-refractivity contribution in [2.45, 2.75) is 23.3 Å². The second kappa shape index (κ2) is 5.43. The van der Waals surface area contributed by atoms with E-state index in [1.807, 2.05) is 0 Å². The number of amidine groups is 1. The fourth-order valence-corrected chi connectivity index (χ4v) is 5.24. The average molecular weight is 339 g/mol. The van der Waals surface area contributed by atoms with E-state index < -0.39 is 10.0 Å². The number of nitrogens with zero attached hydrogens (tertiary/aromatic N) is 2. The van der Waals surface area contributed by atoms with Crippen LogP contribution in [0.2, 0.25) is 4.34 Å². The normalized spacial score (nSPS) is 22.5. The van der Waals surface area contributed by atoms with Crippen LogP contribution < -0.4 is 0 Å². The number of carbonyl (C=O) groups excluding carboxylic acids is 1. The summed E-state index contributed by atoms with van der Waals surface area (Å²) in [4.78, 5) is 13.2. The van der Waals surface area contributed by atoms with Gasteiger partial charge in [0.05, 0.1) is 9.59 Å². The molecule has 1 saturated heterocycles. The van der Waals surface area contributed by atoms with Gasteiger partial charge >= 0.3 is 0 Å². The number of thioether (sulfide) groups is 1. The van der Waals surface area contributed by atoms with E-state index in [1.54, 1.807) is 13.8 Å². The van der Waals surface area contributed by atoms with Crippen LogP contribution in [0, 0.1) is 0 Å². The molecule has 1 aromatic heterocycles. The molecule has 0 unspecified atom stereocenters. The second-order valence-corrected chi connectivity index (χ2v) is 8.60. The highest BCUT2D eigenvalue weighted by Gasteiger charge is 2.35. The Morgan fingerprint density at radius 1 is 1.47 bits per heavy atom. The SMILES string of the molecule is CCN1C(=O)[C@@H](C)SC1=NS(=O)(=O)c1ccc(Cl)s1. The Morgan fingerprint density at radius 2 is 2.16 bits per heavy atom. The zero-order valence-corrected chi connectivity index (χ0v) is 13.4. The zero-order chi connectivity index (χ0) is 14.2. The molecule has 0 N–H and O–H groups in total. The molecule has 2 heterocycles. The van der Waals surface area contributed by atoms with Gasteiger partial charge in [-0.3, -0.25) is 9.69 Å². The predicted octanol–water partition coefficient (Wildman–Crippen LogP) is 2.43. The summed E-state index contributed by atoms with van der Waals surface area (Å²) >= 11 is 7.82. The van der Waals surface area contributed by atoms with E-state index in [1.165, 1.54) is 17.0 Å². The number of hydrogen-bond acceptors (Lipinski definition) is 5. The van der Waals surface area contributed by atoms with Gasteiger partial charge in [0, 0.05) is 6.54 Å². The molecule has 1 atom stereocenters. The van der Waals surface area contributed by atoms with Gasteiger partial charge in [0.1, 0.15) is 4.21 Å². The summed E-state index contributed by atoms with van der Waals surface area (Å²) in [7, 11) is -3.81. The minimum absolute atomic E-state index is 0.0775. The summed E-state index contributed by atoms with van der Waals surface area (Å²) in [5, 5.41) is -0.0784. The number of halogens is 1. The maximum atomic E-state index is 12.1. The van der Waals surface area contributed by atoms with Crippen LogP contribution in [0.1, 0.15) is 13.8 Å². The van der Waals surface area contributed by atoms with Gasteiger partial charge in [0.2, 0.25) is 5.91 Å². The fourth-order valence-electron chi connectivity index (χ4n) is 1.53. The first kappa shape index (κ1) is 14.8. The lowest BCUT2D eigenvalue weighted by Gasteiger charge is -2.12. The lowest BCUT2D eigenvalue weighted by atomic mass is 10.4. The molecule has 2 rings (SSSR count).